The lowest BCUT2D eigenvalue weighted by Gasteiger charge is -2.18. The standard InChI is InChI=1S/C72H124O6/c1-4-7-10-13-16-19-22-25-27-29-31-32-33-34-35-36-37-38-39-40-42-43-45-47-50-53-56-59-62-65-71(74)77-68-69(67-76-70(73)64-61-58-55-52-49-24-21-18-15-12-9-6-3)78-72(75)66-63-60-57-54-51-48-46-44-41-30-28-26-23-20-17-14-11-8-5-2/h7,10,16-21,25-28,31-32,34-35,69H,4-6,8-9,11-15,22-24,29-30,33,36-68H2,1-3H3/b10-7-,19-16-,20-17-,21-18-,27-25-,28-26-,32-31-,35-34-. The minimum absolute atomic E-state index is 0.0805. The van der Waals surface area contributed by atoms with E-state index in [9.17, 15) is 14.4 Å². The van der Waals surface area contributed by atoms with Crippen LogP contribution >= 0.6 is 0 Å². The summed E-state index contributed by atoms with van der Waals surface area (Å²) in [4.78, 5) is 38.3. The van der Waals surface area contributed by atoms with Crippen molar-refractivity contribution in [2.24, 2.45) is 0 Å². The highest BCUT2D eigenvalue weighted by molar-refractivity contribution is 5.71. The predicted octanol–water partition coefficient (Wildman–Crippen LogP) is 22.8. The number of rotatable bonds is 60. The van der Waals surface area contributed by atoms with Crippen LogP contribution in [0.1, 0.15) is 323 Å². The number of carbonyl (C=O) groups excluding carboxylic acids is 3. The van der Waals surface area contributed by atoms with Gasteiger partial charge in [-0.25, -0.2) is 0 Å². The Hall–Kier alpha value is -3.67. The third-order valence-electron chi connectivity index (χ3n) is 14.3. The molecule has 0 bridgehead atoms. The van der Waals surface area contributed by atoms with Gasteiger partial charge in [-0.1, -0.05) is 279 Å². The number of hydrogen-bond donors (Lipinski definition) is 0. The summed E-state index contributed by atoms with van der Waals surface area (Å²) in [6.07, 6.45) is 88.5. The van der Waals surface area contributed by atoms with Crippen molar-refractivity contribution in [2.45, 2.75) is 329 Å². The summed E-state index contributed by atoms with van der Waals surface area (Å²) < 4.78 is 16.9. The molecule has 0 N–H and O–H groups in total. The molecule has 0 aromatic heterocycles. The average Bonchev–Trinajstić information content (AvgIpc) is 3.44. The van der Waals surface area contributed by atoms with Gasteiger partial charge >= 0.3 is 17.9 Å². The Morgan fingerprint density at radius 3 is 0.795 bits per heavy atom. The Labute approximate surface area is 483 Å². The average molecular weight is 1090 g/mol. The van der Waals surface area contributed by atoms with E-state index in [0.29, 0.717) is 19.3 Å². The molecule has 0 fully saturated rings. The number of esters is 3. The molecule has 1 atom stereocenters. The van der Waals surface area contributed by atoms with E-state index in [1.807, 2.05) is 0 Å². The van der Waals surface area contributed by atoms with Crippen LogP contribution in [-0.4, -0.2) is 37.2 Å². The summed E-state index contributed by atoms with van der Waals surface area (Å²) in [6.45, 7) is 6.50. The van der Waals surface area contributed by atoms with Gasteiger partial charge in [-0.3, -0.25) is 14.4 Å². The molecular weight excluding hydrogens is 961 g/mol. The molecule has 0 radical (unpaired) electrons. The Kier molecular flexibility index (Phi) is 62.7. The molecule has 0 aromatic rings. The topological polar surface area (TPSA) is 78.9 Å². The number of carbonyl (C=O) groups is 3. The lowest BCUT2D eigenvalue weighted by atomic mass is 10.0. The Morgan fingerprint density at radius 1 is 0.269 bits per heavy atom. The molecule has 0 saturated carbocycles. The first-order valence-electron chi connectivity index (χ1n) is 33.2. The van der Waals surface area contributed by atoms with Gasteiger partial charge in [0.2, 0.25) is 0 Å². The predicted molar refractivity (Wildman–Crippen MR) is 339 cm³/mol. The van der Waals surface area contributed by atoms with Gasteiger partial charge in [0.15, 0.2) is 6.10 Å². The molecule has 0 heterocycles. The summed E-state index contributed by atoms with van der Waals surface area (Å²) in [6, 6.07) is 0. The number of unbranched alkanes of at least 4 members (excludes halogenated alkanes) is 33. The van der Waals surface area contributed by atoms with Crippen molar-refractivity contribution >= 4 is 17.9 Å². The van der Waals surface area contributed by atoms with E-state index in [4.69, 9.17) is 14.2 Å². The van der Waals surface area contributed by atoms with E-state index >= 15 is 0 Å². The van der Waals surface area contributed by atoms with Crippen LogP contribution in [0, 0.1) is 0 Å². The van der Waals surface area contributed by atoms with E-state index in [-0.39, 0.29) is 31.1 Å². The quantitative estimate of drug-likeness (QED) is 0.0261. The van der Waals surface area contributed by atoms with E-state index in [1.165, 1.54) is 180 Å². The summed E-state index contributed by atoms with van der Waals surface area (Å²) in [5.74, 6) is -0.884. The molecular formula is C72H124O6. The van der Waals surface area contributed by atoms with Crippen LogP contribution in [0.15, 0.2) is 97.2 Å². The SMILES string of the molecule is CC/C=C\C/C=C\C/C=C\C/C=C\C/C=C\CCCCCCCCCCCCCCCC(=O)OCC(COC(=O)CCCCCCC/C=C\CCCCC)OC(=O)CCCCCCCCCCC/C=C\C/C=C\CCCCC. The molecule has 0 saturated heterocycles. The van der Waals surface area contributed by atoms with Gasteiger partial charge in [0.25, 0.3) is 0 Å². The van der Waals surface area contributed by atoms with Crippen LogP contribution in [-0.2, 0) is 28.6 Å². The molecule has 448 valence electrons. The maximum atomic E-state index is 12.9. The number of hydrogen-bond acceptors (Lipinski definition) is 6. The third-order valence-corrected chi connectivity index (χ3v) is 14.3. The maximum Gasteiger partial charge on any atom is 0.306 e. The van der Waals surface area contributed by atoms with E-state index in [1.54, 1.807) is 0 Å². The Balaban J connectivity index is 4.25. The molecule has 0 amide bonds. The van der Waals surface area contributed by atoms with Crippen molar-refractivity contribution < 1.29 is 28.6 Å². The van der Waals surface area contributed by atoms with Crippen LogP contribution in [0.4, 0.5) is 0 Å². The van der Waals surface area contributed by atoms with Crippen molar-refractivity contribution in [2.75, 3.05) is 13.2 Å². The fourth-order valence-electron chi connectivity index (χ4n) is 9.32. The van der Waals surface area contributed by atoms with Gasteiger partial charge < -0.3 is 14.2 Å². The molecule has 1 unspecified atom stereocenters. The highest BCUT2D eigenvalue weighted by Crippen LogP contribution is 2.16. The fraction of sp³-hybridized carbons (Fsp3) is 0.736. The first-order valence-corrected chi connectivity index (χ1v) is 33.2. The van der Waals surface area contributed by atoms with Crippen LogP contribution in [0.5, 0.6) is 0 Å². The van der Waals surface area contributed by atoms with E-state index in [0.717, 1.165) is 103 Å². The second kappa shape index (κ2) is 65.8. The van der Waals surface area contributed by atoms with Crippen molar-refractivity contribution in [3.05, 3.63) is 97.2 Å². The molecule has 0 spiro atoms. The van der Waals surface area contributed by atoms with Crippen LogP contribution < -0.4 is 0 Å². The summed E-state index contributed by atoms with van der Waals surface area (Å²) in [5.41, 5.74) is 0. The second-order valence-electron chi connectivity index (χ2n) is 22.0. The van der Waals surface area contributed by atoms with E-state index in [2.05, 4.69) is 118 Å². The molecule has 6 heteroatoms. The van der Waals surface area contributed by atoms with Gasteiger partial charge in [0.1, 0.15) is 13.2 Å². The summed E-state index contributed by atoms with van der Waals surface area (Å²) in [5, 5.41) is 0. The number of allylic oxidation sites excluding steroid dienone is 16. The van der Waals surface area contributed by atoms with Crippen molar-refractivity contribution in [3.8, 4) is 0 Å². The summed E-state index contributed by atoms with van der Waals surface area (Å²) in [7, 11) is 0. The lowest BCUT2D eigenvalue weighted by Crippen LogP contribution is -2.30. The zero-order chi connectivity index (χ0) is 56.4. The minimum Gasteiger partial charge on any atom is -0.462 e. The Morgan fingerprint density at radius 2 is 0.500 bits per heavy atom. The molecule has 6 nitrogen and oxygen atoms in total. The minimum atomic E-state index is -0.784. The molecule has 0 aliphatic heterocycles. The van der Waals surface area contributed by atoms with Gasteiger partial charge in [-0.2, -0.15) is 0 Å². The van der Waals surface area contributed by atoms with E-state index < -0.39 is 6.10 Å². The zero-order valence-electron chi connectivity index (χ0n) is 51.4. The first kappa shape index (κ1) is 74.3. The second-order valence-corrected chi connectivity index (χ2v) is 22.0. The normalized spacial score (nSPS) is 12.7. The van der Waals surface area contributed by atoms with Gasteiger partial charge in [-0.15, -0.1) is 0 Å². The van der Waals surface area contributed by atoms with Crippen molar-refractivity contribution in [1.29, 1.82) is 0 Å². The van der Waals surface area contributed by atoms with Crippen LogP contribution in [0.25, 0.3) is 0 Å². The van der Waals surface area contributed by atoms with Gasteiger partial charge in [0, 0.05) is 19.3 Å². The van der Waals surface area contributed by atoms with Crippen LogP contribution in [0.3, 0.4) is 0 Å². The summed E-state index contributed by atoms with van der Waals surface area (Å²) >= 11 is 0. The highest BCUT2D eigenvalue weighted by atomic mass is 16.6. The van der Waals surface area contributed by atoms with Gasteiger partial charge in [-0.05, 0) is 122 Å². The molecule has 78 heavy (non-hydrogen) atoms. The monoisotopic (exact) mass is 1080 g/mol. The molecule has 0 aliphatic carbocycles. The highest BCUT2D eigenvalue weighted by Gasteiger charge is 2.19. The first-order chi connectivity index (χ1) is 38.5. The smallest absolute Gasteiger partial charge is 0.306 e. The van der Waals surface area contributed by atoms with Crippen molar-refractivity contribution in [1.82, 2.24) is 0 Å². The zero-order valence-corrected chi connectivity index (χ0v) is 51.4. The maximum absolute atomic E-state index is 12.9. The molecule has 0 aliphatic rings. The number of ether oxygens (including phenoxy) is 3. The fourth-order valence-corrected chi connectivity index (χ4v) is 9.32. The van der Waals surface area contributed by atoms with Crippen LogP contribution in [0.2, 0.25) is 0 Å². The molecule has 0 rings (SSSR count). The lowest BCUT2D eigenvalue weighted by molar-refractivity contribution is -0.167. The van der Waals surface area contributed by atoms with Crippen molar-refractivity contribution in [3.63, 3.8) is 0 Å². The van der Waals surface area contributed by atoms with Gasteiger partial charge in [0.05, 0.1) is 0 Å². The third kappa shape index (κ3) is 63.2. The molecule has 0 aromatic carbocycles. The Bertz CT molecular complexity index is 1530. The largest absolute Gasteiger partial charge is 0.462 e.